The standard InChI is InChI=1S/C16H16Cl2N2O3/c1-9-4-6-14(22-9)10(2)19-20-16(21)11(3)23-15-7-5-12(17)8-13(15)18/h4-8,11H,1-3H3,(H,20,21)/b19-10+/t11-/m0/s1. The minimum absolute atomic E-state index is 0.336. The molecule has 0 radical (unpaired) electrons. The molecule has 2 rings (SSSR count). The van der Waals surface area contributed by atoms with E-state index in [0.29, 0.717) is 27.3 Å². The van der Waals surface area contributed by atoms with Crippen LogP contribution in [0.2, 0.25) is 10.0 Å². The molecule has 0 unspecified atom stereocenters. The normalized spacial score (nSPS) is 12.8. The van der Waals surface area contributed by atoms with Crippen molar-refractivity contribution in [1.29, 1.82) is 0 Å². The first-order chi connectivity index (χ1) is 10.9. The molecular weight excluding hydrogens is 339 g/mol. The van der Waals surface area contributed by atoms with Crippen molar-refractivity contribution in [2.75, 3.05) is 0 Å². The zero-order chi connectivity index (χ0) is 17.0. The lowest BCUT2D eigenvalue weighted by Crippen LogP contribution is -2.34. The Morgan fingerprint density at radius 1 is 1.30 bits per heavy atom. The van der Waals surface area contributed by atoms with E-state index < -0.39 is 12.0 Å². The summed E-state index contributed by atoms with van der Waals surface area (Å²) in [5, 5.41) is 4.83. The molecule has 1 aromatic heterocycles. The van der Waals surface area contributed by atoms with Crippen LogP contribution in [0.25, 0.3) is 0 Å². The van der Waals surface area contributed by atoms with Crippen LogP contribution in [-0.4, -0.2) is 17.7 Å². The fourth-order valence-electron chi connectivity index (χ4n) is 1.73. The maximum atomic E-state index is 12.0. The van der Waals surface area contributed by atoms with E-state index in [1.54, 1.807) is 38.1 Å². The average molecular weight is 355 g/mol. The van der Waals surface area contributed by atoms with E-state index in [9.17, 15) is 4.79 Å². The molecule has 1 amide bonds. The molecule has 1 aromatic carbocycles. The fraction of sp³-hybridized carbons (Fsp3) is 0.250. The first kappa shape index (κ1) is 17.4. The molecule has 0 spiro atoms. The molecular formula is C16H16Cl2N2O3. The monoisotopic (exact) mass is 354 g/mol. The van der Waals surface area contributed by atoms with E-state index in [1.807, 2.05) is 13.0 Å². The summed E-state index contributed by atoms with van der Waals surface area (Å²) in [6.45, 7) is 5.17. The third kappa shape index (κ3) is 4.74. The molecule has 23 heavy (non-hydrogen) atoms. The van der Waals surface area contributed by atoms with Gasteiger partial charge in [-0.3, -0.25) is 4.79 Å². The SMILES string of the molecule is C/C(=N\NC(=O)[C@H](C)Oc1ccc(Cl)cc1Cl)c1ccc(C)o1. The van der Waals surface area contributed by atoms with Crippen molar-refractivity contribution >= 4 is 34.8 Å². The third-order valence-electron chi connectivity index (χ3n) is 3.00. The van der Waals surface area contributed by atoms with Gasteiger partial charge in [-0.1, -0.05) is 23.2 Å². The van der Waals surface area contributed by atoms with Gasteiger partial charge in [0, 0.05) is 5.02 Å². The number of hydrogen-bond donors (Lipinski definition) is 1. The molecule has 0 aliphatic carbocycles. The zero-order valence-corrected chi connectivity index (χ0v) is 14.4. The summed E-state index contributed by atoms with van der Waals surface area (Å²) in [5.41, 5.74) is 2.99. The van der Waals surface area contributed by atoms with Crippen molar-refractivity contribution in [2.45, 2.75) is 26.9 Å². The smallest absolute Gasteiger partial charge is 0.280 e. The summed E-state index contributed by atoms with van der Waals surface area (Å²) >= 11 is 11.8. The van der Waals surface area contributed by atoms with Gasteiger partial charge >= 0.3 is 0 Å². The van der Waals surface area contributed by atoms with E-state index in [4.69, 9.17) is 32.4 Å². The summed E-state index contributed by atoms with van der Waals surface area (Å²) in [7, 11) is 0. The zero-order valence-electron chi connectivity index (χ0n) is 12.9. The van der Waals surface area contributed by atoms with Crippen molar-refractivity contribution < 1.29 is 13.9 Å². The van der Waals surface area contributed by atoms with E-state index in [1.165, 1.54) is 0 Å². The highest BCUT2D eigenvalue weighted by atomic mass is 35.5. The van der Waals surface area contributed by atoms with Crippen LogP contribution in [0.1, 0.15) is 25.4 Å². The number of hydrogen-bond acceptors (Lipinski definition) is 4. The molecule has 0 fully saturated rings. The Hall–Kier alpha value is -1.98. The van der Waals surface area contributed by atoms with Crippen molar-refractivity contribution in [3.8, 4) is 5.75 Å². The van der Waals surface area contributed by atoms with Crippen LogP contribution >= 0.6 is 23.2 Å². The number of benzene rings is 1. The van der Waals surface area contributed by atoms with Crippen molar-refractivity contribution in [3.63, 3.8) is 0 Å². The van der Waals surface area contributed by atoms with E-state index in [-0.39, 0.29) is 0 Å². The number of nitrogens with one attached hydrogen (secondary N) is 1. The summed E-state index contributed by atoms with van der Waals surface area (Å²) in [6, 6.07) is 8.40. The van der Waals surface area contributed by atoms with Gasteiger partial charge in [-0.2, -0.15) is 5.10 Å². The number of hydrazone groups is 1. The second-order valence-corrected chi connectivity index (χ2v) is 5.76. The van der Waals surface area contributed by atoms with Gasteiger partial charge in [-0.05, 0) is 51.1 Å². The van der Waals surface area contributed by atoms with Gasteiger partial charge in [0.2, 0.25) is 0 Å². The van der Waals surface area contributed by atoms with Crippen LogP contribution in [0.15, 0.2) is 39.9 Å². The topological polar surface area (TPSA) is 63.8 Å². The van der Waals surface area contributed by atoms with Gasteiger partial charge in [-0.15, -0.1) is 0 Å². The van der Waals surface area contributed by atoms with Crippen molar-refractivity contribution in [1.82, 2.24) is 5.43 Å². The Labute approximate surface area is 144 Å². The minimum atomic E-state index is -0.774. The maximum absolute atomic E-state index is 12.0. The molecule has 2 aromatic rings. The molecule has 0 bridgehead atoms. The lowest BCUT2D eigenvalue weighted by molar-refractivity contribution is -0.127. The quantitative estimate of drug-likeness (QED) is 0.646. The van der Waals surface area contributed by atoms with Gasteiger partial charge in [0.05, 0.1) is 5.02 Å². The Bertz CT molecular complexity index is 741. The van der Waals surface area contributed by atoms with Crippen LogP contribution < -0.4 is 10.2 Å². The van der Waals surface area contributed by atoms with Crippen LogP contribution in [0, 0.1) is 6.92 Å². The summed E-state index contributed by atoms with van der Waals surface area (Å²) < 4.78 is 10.9. The highest BCUT2D eigenvalue weighted by molar-refractivity contribution is 6.35. The average Bonchev–Trinajstić information content (AvgIpc) is 2.93. The largest absolute Gasteiger partial charge is 0.479 e. The lowest BCUT2D eigenvalue weighted by atomic mass is 10.3. The van der Waals surface area contributed by atoms with Crippen LogP contribution in [-0.2, 0) is 4.79 Å². The molecule has 5 nitrogen and oxygen atoms in total. The number of carbonyl (C=O) groups excluding carboxylic acids is 1. The molecule has 1 N–H and O–H groups in total. The number of carbonyl (C=O) groups is 1. The van der Waals surface area contributed by atoms with E-state index in [0.717, 1.165) is 5.76 Å². The highest BCUT2D eigenvalue weighted by Crippen LogP contribution is 2.28. The molecule has 0 saturated heterocycles. The molecule has 0 aliphatic rings. The van der Waals surface area contributed by atoms with Crippen LogP contribution in [0.4, 0.5) is 0 Å². The number of amides is 1. The first-order valence-corrected chi connectivity index (χ1v) is 7.65. The number of rotatable bonds is 5. The van der Waals surface area contributed by atoms with Crippen molar-refractivity contribution in [2.24, 2.45) is 5.10 Å². The number of ether oxygens (including phenoxy) is 1. The van der Waals surface area contributed by atoms with Crippen LogP contribution in [0.5, 0.6) is 5.75 Å². The van der Waals surface area contributed by atoms with Gasteiger partial charge in [0.15, 0.2) is 6.10 Å². The predicted octanol–water partition coefficient (Wildman–Crippen LogP) is 4.20. The Balaban J connectivity index is 1.97. The number of furan rings is 1. The van der Waals surface area contributed by atoms with Gasteiger partial charge in [0.25, 0.3) is 5.91 Å². The van der Waals surface area contributed by atoms with E-state index >= 15 is 0 Å². The van der Waals surface area contributed by atoms with Crippen molar-refractivity contribution in [3.05, 3.63) is 51.9 Å². The van der Waals surface area contributed by atoms with Gasteiger partial charge in [0.1, 0.15) is 23.0 Å². The number of nitrogens with zero attached hydrogens (tertiary/aromatic N) is 1. The molecule has 1 heterocycles. The second-order valence-electron chi connectivity index (χ2n) is 4.92. The predicted molar refractivity (Wildman–Crippen MR) is 90.4 cm³/mol. The summed E-state index contributed by atoms with van der Waals surface area (Å²) in [4.78, 5) is 12.0. The maximum Gasteiger partial charge on any atom is 0.280 e. The van der Waals surface area contributed by atoms with Gasteiger partial charge < -0.3 is 9.15 Å². The minimum Gasteiger partial charge on any atom is -0.479 e. The fourth-order valence-corrected chi connectivity index (χ4v) is 2.18. The Morgan fingerprint density at radius 3 is 2.65 bits per heavy atom. The highest BCUT2D eigenvalue weighted by Gasteiger charge is 2.16. The first-order valence-electron chi connectivity index (χ1n) is 6.89. The number of halogens is 2. The Morgan fingerprint density at radius 2 is 2.04 bits per heavy atom. The molecule has 122 valence electrons. The van der Waals surface area contributed by atoms with Gasteiger partial charge in [-0.25, -0.2) is 5.43 Å². The summed E-state index contributed by atoms with van der Waals surface area (Å²) in [5.74, 6) is 1.34. The number of aryl methyl sites for hydroxylation is 1. The third-order valence-corrected chi connectivity index (χ3v) is 3.53. The molecule has 0 aliphatic heterocycles. The van der Waals surface area contributed by atoms with E-state index in [2.05, 4.69) is 10.5 Å². The lowest BCUT2D eigenvalue weighted by Gasteiger charge is -2.14. The summed E-state index contributed by atoms with van der Waals surface area (Å²) in [6.07, 6.45) is -0.774. The van der Waals surface area contributed by atoms with Crippen LogP contribution in [0.3, 0.4) is 0 Å². The Kier molecular flexibility index (Phi) is 5.69. The second kappa shape index (κ2) is 7.53. The molecule has 1 atom stereocenters. The molecule has 0 saturated carbocycles. The molecule has 7 heteroatoms.